The first-order valence-corrected chi connectivity index (χ1v) is 8.09. The fourth-order valence-corrected chi connectivity index (χ4v) is 2.71. The molecule has 0 saturated carbocycles. The van der Waals surface area contributed by atoms with E-state index >= 15 is 0 Å². The number of halogens is 4. The van der Waals surface area contributed by atoms with Crippen molar-refractivity contribution in [2.75, 3.05) is 21.1 Å². The van der Waals surface area contributed by atoms with Gasteiger partial charge in [0.15, 0.2) is 0 Å². The molecule has 0 aliphatic carbocycles. The minimum atomic E-state index is -2.92. The number of carbonyl (C=O) groups is 1. The second-order valence-electron chi connectivity index (χ2n) is 6.22. The van der Waals surface area contributed by atoms with Crippen LogP contribution in [0.25, 0.3) is 0 Å². The molecule has 0 fully saturated rings. The molecule has 27 heavy (non-hydrogen) atoms. The summed E-state index contributed by atoms with van der Waals surface area (Å²) in [6.07, 6.45) is 0. The number of hydrogen-bond donors (Lipinski definition) is 0. The van der Waals surface area contributed by atoms with Crippen molar-refractivity contribution in [3.8, 4) is 5.75 Å². The molecule has 1 unspecified atom stereocenters. The summed E-state index contributed by atoms with van der Waals surface area (Å²) in [5.74, 6) is -2.10. The van der Waals surface area contributed by atoms with Gasteiger partial charge in [0.05, 0.1) is 5.56 Å². The Bertz CT molecular complexity index is 762. The van der Waals surface area contributed by atoms with Gasteiger partial charge in [-0.1, -0.05) is 18.2 Å². The lowest BCUT2D eigenvalue weighted by atomic mass is 10.0. The Morgan fingerprint density at radius 3 is 2.04 bits per heavy atom. The van der Waals surface area contributed by atoms with Crippen LogP contribution in [0.15, 0.2) is 42.5 Å². The van der Waals surface area contributed by atoms with E-state index in [2.05, 4.69) is 4.74 Å². The van der Waals surface area contributed by atoms with Crippen LogP contribution in [0.3, 0.4) is 0 Å². The lowest BCUT2D eigenvalue weighted by molar-refractivity contribution is -0.135. The third-order valence-electron chi connectivity index (χ3n) is 3.97. The fourth-order valence-electron chi connectivity index (χ4n) is 2.71. The van der Waals surface area contributed by atoms with Gasteiger partial charge in [0, 0.05) is 13.6 Å². The molecule has 2 aromatic carbocycles. The molecule has 0 N–H and O–H groups in total. The Balaban J connectivity index is 2.18. The summed E-state index contributed by atoms with van der Waals surface area (Å²) in [4.78, 5) is 15.6. The summed E-state index contributed by atoms with van der Waals surface area (Å²) < 4.78 is 56.9. The van der Waals surface area contributed by atoms with Gasteiger partial charge in [0.25, 0.3) is 0 Å². The van der Waals surface area contributed by atoms with Gasteiger partial charge < -0.3 is 9.64 Å². The molecule has 2 rings (SSSR count). The van der Waals surface area contributed by atoms with E-state index in [9.17, 15) is 22.4 Å². The van der Waals surface area contributed by atoms with Crippen LogP contribution < -0.4 is 4.74 Å². The highest BCUT2D eigenvalue weighted by atomic mass is 19.3. The van der Waals surface area contributed by atoms with E-state index in [-0.39, 0.29) is 17.9 Å². The predicted octanol–water partition coefficient (Wildman–Crippen LogP) is 3.83. The molecule has 2 aromatic rings. The summed E-state index contributed by atoms with van der Waals surface area (Å²) >= 11 is 0. The smallest absolute Gasteiger partial charge is 0.387 e. The van der Waals surface area contributed by atoms with E-state index in [4.69, 9.17) is 0 Å². The summed E-state index contributed by atoms with van der Waals surface area (Å²) in [5, 5.41) is 0. The SMILES string of the molecule is CN(Cc1ccc(OC(F)F)cc1)C(=O)C(c1c(F)cccc1F)N(C)C. The minimum absolute atomic E-state index is 0.00215. The zero-order chi connectivity index (χ0) is 20.1. The fraction of sp³-hybridized carbons (Fsp3) is 0.316. The summed E-state index contributed by atoms with van der Waals surface area (Å²) in [5.41, 5.74) is 0.332. The van der Waals surface area contributed by atoms with Crippen molar-refractivity contribution in [3.05, 3.63) is 65.2 Å². The van der Waals surface area contributed by atoms with E-state index in [1.54, 1.807) is 14.1 Å². The number of amides is 1. The van der Waals surface area contributed by atoms with Crippen LogP contribution in [0.2, 0.25) is 0 Å². The highest BCUT2D eigenvalue weighted by Crippen LogP contribution is 2.27. The Kier molecular flexibility index (Phi) is 6.79. The van der Waals surface area contributed by atoms with Crippen molar-refractivity contribution in [2.24, 2.45) is 0 Å². The maximum atomic E-state index is 14.1. The molecule has 0 radical (unpaired) electrons. The molecule has 146 valence electrons. The molecule has 0 spiro atoms. The predicted molar refractivity (Wildman–Crippen MR) is 92.3 cm³/mol. The lowest BCUT2D eigenvalue weighted by Crippen LogP contribution is -2.39. The van der Waals surface area contributed by atoms with Gasteiger partial charge in [-0.25, -0.2) is 8.78 Å². The number of likely N-dealkylation sites (N-methyl/N-ethyl adjacent to an activating group) is 2. The molecule has 1 amide bonds. The van der Waals surface area contributed by atoms with Crippen LogP contribution in [0.4, 0.5) is 17.6 Å². The maximum Gasteiger partial charge on any atom is 0.387 e. The molecule has 8 heteroatoms. The second kappa shape index (κ2) is 8.85. The molecule has 0 aromatic heterocycles. The number of rotatable bonds is 7. The van der Waals surface area contributed by atoms with Gasteiger partial charge in [0.2, 0.25) is 5.91 Å². The number of alkyl halides is 2. The third kappa shape index (κ3) is 5.19. The molecular formula is C19H20F4N2O2. The molecule has 0 heterocycles. The molecule has 0 saturated heterocycles. The zero-order valence-electron chi connectivity index (χ0n) is 15.1. The van der Waals surface area contributed by atoms with Gasteiger partial charge in [0.1, 0.15) is 23.4 Å². The van der Waals surface area contributed by atoms with Crippen molar-refractivity contribution in [1.29, 1.82) is 0 Å². The van der Waals surface area contributed by atoms with Crippen LogP contribution >= 0.6 is 0 Å². The summed E-state index contributed by atoms with van der Waals surface area (Å²) in [6.45, 7) is -2.79. The number of carbonyl (C=O) groups excluding carboxylic acids is 1. The first-order chi connectivity index (χ1) is 12.7. The normalized spacial score (nSPS) is 12.3. The van der Waals surface area contributed by atoms with Gasteiger partial charge >= 0.3 is 6.61 Å². The van der Waals surface area contributed by atoms with E-state index in [1.165, 1.54) is 47.2 Å². The van der Waals surface area contributed by atoms with Gasteiger partial charge in [-0.2, -0.15) is 8.78 Å². The zero-order valence-corrected chi connectivity index (χ0v) is 15.1. The second-order valence-corrected chi connectivity index (χ2v) is 6.22. The Morgan fingerprint density at radius 1 is 1.00 bits per heavy atom. The number of benzene rings is 2. The number of nitrogens with zero attached hydrogens (tertiary/aromatic N) is 2. The van der Waals surface area contributed by atoms with Crippen molar-refractivity contribution in [3.63, 3.8) is 0 Å². The van der Waals surface area contributed by atoms with E-state index < -0.39 is 30.2 Å². The topological polar surface area (TPSA) is 32.8 Å². The standard InChI is InChI=1S/C19H20F4N2O2/c1-24(2)17(16-14(20)5-4-6-15(16)21)18(26)25(3)11-12-7-9-13(10-8-12)27-19(22)23/h4-10,17,19H,11H2,1-3H3. The third-order valence-corrected chi connectivity index (χ3v) is 3.97. The lowest BCUT2D eigenvalue weighted by Gasteiger charge is -2.29. The van der Waals surface area contributed by atoms with Crippen molar-refractivity contribution < 1.29 is 27.1 Å². The quantitative estimate of drug-likeness (QED) is 0.681. The first-order valence-electron chi connectivity index (χ1n) is 8.09. The maximum absolute atomic E-state index is 14.1. The molecule has 0 aliphatic rings. The Hall–Kier alpha value is -2.61. The first kappa shape index (κ1) is 20.7. The Morgan fingerprint density at radius 2 is 1.56 bits per heavy atom. The molecule has 4 nitrogen and oxygen atoms in total. The van der Waals surface area contributed by atoms with Crippen LogP contribution in [0.1, 0.15) is 17.2 Å². The highest BCUT2D eigenvalue weighted by molar-refractivity contribution is 5.83. The van der Waals surface area contributed by atoms with Crippen LogP contribution in [0, 0.1) is 11.6 Å². The van der Waals surface area contributed by atoms with Crippen LogP contribution in [-0.2, 0) is 11.3 Å². The van der Waals surface area contributed by atoms with Gasteiger partial charge in [-0.3, -0.25) is 9.69 Å². The summed E-state index contributed by atoms with van der Waals surface area (Å²) in [7, 11) is 4.61. The number of hydrogen-bond acceptors (Lipinski definition) is 3. The van der Waals surface area contributed by atoms with Crippen LogP contribution in [0.5, 0.6) is 5.75 Å². The Labute approximate surface area is 154 Å². The minimum Gasteiger partial charge on any atom is -0.435 e. The molecule has 1 atom stereocenters. The number of ether oxygens (including phenoxy) is 1. The van der Waals surface area contributed by atoms with Crippen molar-refractivity contribution in [2.45, 2.75) is 19.2 Å². The highest BCUT2D eigenvalue weighted by Gasteiger charge is 2.31. The van der Waals surface area contributed by atoms with E-state index in [0.717, 1.165) is 12.1 Å². The van der Waals surface area contributed by atoms with E-state index in [1.807, 2.05) is 0 Å². The van der Waals surface area contributed by atoms with Crippen molar-refractivity contribution >= 4 is 5.91 Å². The average Bonchev–Trinajstić information content (AvgIpc) is 2.58. The molecule has 0 aliphatic heterocycles. The molecule has 0 bridgehead atoms. The summed E-state index contributed by atoms with van der Waals surface area (Å²) in [6, 6.07) is 8.09. The van der Waals surface area contributed by atoms with Crippen LogP contribution in [-0.4, -0.2) is 43.5 Å². The average molecular weight is 384 g/mol. The monoisotopic (exact) mass is 384 g/mol. The largest absolute Gasteiger partial charge is 0.435 e. The van der Waals surface area contributed by atoms with Gasteiger partial charge in [-0.15, -0.1) is 0 Å². The molecular weight excluding hydrogens is 364 g/mol. The van der Waals surface area contributed by atoms with E-state index in [0.29, 0.717) is 5.56 Å². The van der Waals surface area contributed by atoms with Gasteiger partial charge in [-0.05, 0) is 43.9 Å². The van der Waals surface area contributed by atoms with Crippen molar-refractivity contribution in [1.82, 2.24) is 9.80 Å².